The van der Waals surface area contributed by atoms with Gasteiger partial charge in [0.05, 0.1) is 6.20 Å². The molecule has 2 N–H and O–H groups in total. The summed E-state index contributed by atoms with van der Waals surface area (Å²) in [5, 5.41) is 4.66. The molecule has 1 aromatic heterocycles. The first kappa shape index (κ1) is 11.2. The number of thiazole rings is 1. The van der Waals surface area contributed by atoms with E-state index in [-0.39, 0.29) is 10.9 Å². The second-order valence-corrected chi connectivity index (χ2v) is 4.33. The molecule has 0 aromatic carbocycles. The predicted octanol–water partition coefficient (Wildman–Crippen LogP) is 1.46. The highest BCUT2D eigenvalue weighted by molar-refractivity contribution is 7.15. The van der Waals surface area contributed by atoms with Gasteiger partial charge in [-0.1, -0.05) is 11.3 Å². The smallest absolute Gasteiger partial charge is 0.364 e. The van der Waals surface area contributed by atoms with Crippen LogP contribution in [0.2, 0.25) is 0 Å². The lowest BCUT2D eigenvalue weighted by molar-refractivity contribution is -0.137. The van der Waals surface area contributed by atoms with E-state index in [0.29, 0.717) is 24.3 Å². The zero-order chi connectivity index (χ0) is 11.8. The maximum Gasteiger partial charge on any atom is 0.443 e. The third-order valence-electron chi connectivity index (χ3n) is 2.11. The average Bonchev–Trinajstić information content (AvgIpc) is 2.76. The maximum absolute atomic E-state index is 12.2. The molecule has 0 saturated carbocycles. The predicted molar refractivity (Wildman–Crippen MR) is 52.2 cm³/mol. The minimum absolute atomic E-state index is 0.193. The fraction of sp³-hybridized carbons (Fsp3) is 0.500. The Morgan fingerprint density at radius 3 is 2.81 bits per heavy atom. The molecule has 4 nitrogen and oxygen atoms in total. The van der Waals surface area contributed by atoms with Gasteiger partial charge in [0, 0.05) is 6.54 Å². The molecule has 16 heavy (non-hydrogen) atoms. The van der Waals surface area contributed by atoms with Gasteiger partial charge in [-0.3, -0.25) is 4.79 Å². The molecule has 8 heteroatoms. The minimum atomic E-state index is -4.43. The molecular formula is C8H8F3N3OS. The lowest BCUT2D eigenvalue weighted by Crippen LogP contribution is -2.29. The van der Waals surface area contributed by atoms with Crippen molar-refractivity contribution in [1.82, 2.24) is 10.3 Å². The van der Waals surface area contributed by atoms with Crippen LogP contribution < -0.4 is 10.6 Å². The Kier molecular flexibility index (Phi) is 2.75. The summed E-state index contributed by atoms with van der Waals surface area (Å²) in [7, 11) is 0. The van der Waals surface area contributed by atoms with Gasteiger partial charge in [0.25, 0.3) is 0 Å². The van der Waals surface area contributed by atoms with Crippen LogP contribution in [-0.2, 0) is 11.0 Å². The van der Waals surface area contributed by atoms with Gasteiger partial charge in [0.15, 0.2) is 5.01 Å². The van der Waals surface area contributed by atoms with Gasteiger partial charge in [-0.15, -0.1) is 0 Å². The molecule has 0 unspecified atom stereocenters. The first-order valence-electron chi connectivity index (χ1n) is 4.54. The summed E-state index contributed by atoms with van der Waals surface area (Å²) in [6.07, 6.45) is -2.76. The molecule has 1 atom stereocenters. The fourth-order valence-corrected chi connectivity index (χ4v) is 2.11. The van der Waals surface area contributed by atoms with Crippen molar-refractivity contribution in [2.24, 2.45) is 0 Å². The highest BCUT2D eigenvalue weighted by atomic mass is 32.1. The van der Waals surface area contributed by atoms with Crippen LogP contribution in [0.4, 0.5) is 18.2 Å². The Morgan fingerprint density at radius 2 is 2.31 bits per heavy atom. The van der Waals surface area contributed by atoms with Crippen LogP contribution >= 0.6 is 11.3 Å². The summed E-state index contributed by atoms with van der Waals surface area (Å²) in [6.45, 7) is 0.543. The van der Waals surface area contributed by atoms with Crippen molar-refractivity contribution in [2.75, 3.05) is 11.9 Å². The molecule has 2 heterocycles. The number of alkyl halides is 3. The zero-order valence-electron chi connectivity index (χ0n) is 7.97. The third-order valence-corrected chi connectivity index (χ3v) is 3.09. The number of hydrogen-bond donors (Lipinski definition) is 2. The quantitative estimate of drug-likeness (QED) is 0.836. The second-order valence-electron chi connectivity index (χ2n) is 3.30. The van der Waals surface area contributed by atoms with Crippen LogP contribution in [-0.4, -0.2) is 23.5 Å². The van der Waals surface area contributed by atoms with Gasteiger partial charge in [0.1, 0.15) is 11.0 Å². The van der Waals surface area contributed by atoms with Crippen molar-refractivity contribution in [2.45, 2.75) is 18.6 Å². The average molecular weight is 251 g/mol. The van der Waals surface area contributed by atoms with Crippen LogP contribution in [0.5, 0.6) is 0 Å². The number of carbonyl (C=O) groups is 1. The first-order valence-corrected chi connectivity index (χ1v) is 5.36. The Morgan fingerprint density at radius 1 is 1.56 bits per heavy atom. The van der Waals surface area contributed by atoms with Crippen LogP contribution in [0.25, 0.3) is 0 Å². The number of anilines is 1. The van der Waals surface area contributed by atoms with Gasteiger partial charge in [-0.25, -0.2) is 4.98 Å². The summed E-state index contributed by atoms with van der Waals surface area (Å²) in [6, 6.07) is -0.457. The van der Waals surface area contributed by atoms with E-state index in [9.17, 15) is 18.0 Å². The van der Waals surface area contributed by atoms with E-state index in [1.165, 1.54) is 0 Å². The third kappa shape index (κ3) is 2.26. The largest absolute Gasteiger partial charge is 0.443 e. The van der Waals surface area contributed by atoms with Gasteiger partial charge in [-0.05, 0) is 6.42 Å². The number of halogens is 3. The van der Waals surface area contributed by atoms with Crippen LogP contribution in [0.3, 0.4) is 0 Å². The molecule has 2 rings (SSSR count). The summed E-state index contributed by atoms with van der Waals surface area (Å²) >= 11 is 0.501. The molecule has 1 fully saturated rings. The van der Waals surface area contributed by atoms with Crippen LogP contribution in [0, 0.1) is 0 Å². The van der Waals surface area contributed by atoms with Crippen molar-refractivity contribution >= 4 is 22.2 Å². The fourth-order valence-electron chi connectivity index (χ4n) is 1.38. The molecule has 88 valence electrons. The number of hydrogen-bond acceptors (Lipinski definition) is 4. The van der Waals surface area contributed by atoms with Gasteiger partial charge in [0.2, 0.25) is 5.91 Å². The van der Waals surface area contributed by atoms with E-state index in [1.54, 1.807) is 0 Å². The minimum Gasteiger partial charge on any atom is -0.364 e. The van der Waals surface area contributed by atoms with Gasteiger partial charge >= 0.3 is 6.18 Å². The summed E-state index contributed by atoms with van der Waals surface area (Å²) in [5.74, 6) is -0.193. The van der Waals surface area contributed by atoms with Gasteiger partial charge in [-0.2, -0.15) is 13.2 Å². The van der Waals surface area contributed by atoms with E-state index in [2.05, 4.69) is 15.6 Å². The Labute approximate surface area is 92.9 Å². The van der Waals surface area contributed by atoms with Crippen molar-refractivity contribution in [1.29, 1.82) is 0 Å². The van der Waals surface area contributed by atoms with Crippen molar-refractivity contribution < 1.29 is 18.0 Å². The molecule has 1 aliphatic heterocycles. The number of amides is 1. The standard InChI is InChI=1S/C8H8F3N3OS/c9-8(10,11)7-13-3-5(16-7)14-4-1-2-12-6(4)15/h3-4,14H,1-2H2,(H,12,15)/t4-/m1/s1. The molecule has 1 aromatic rings. The lowest BCUT2D eigenvalue weighted by Gasteiger charge is -2.07. The topological polar surface area (TPSA) is 54.0 Å². The van der Waals surface area contributed by atoms with Crippen LogP contribution in [0.1, 0.15) is 11.4 Å². The number of carbonyl (C=O) groups excluding carboxylic acids is 1. The molecule has 1 aliphatic rings. The number of rotatable bonds is 2. The first-order chi connectivity index (χ1) is 7.47. The van der Waals surface area contributed by atoms with E-state index in [4.69, 9.17) is 0 Å². The summed E-state index contributed by atoms with van der Waals surface area (Å²) in [4.78, 5) is 14.4. The molecular weight excluding hydrogens is 243 g/mol. The molecule has 0 radical (unpaired) electrons. The second kappa shape index (κ2) is 3.93. The van der Waals surface area contributed by atoms with Crippen molar-refractivity contribution in [3.8, 4) is 0 Å². The lowest BCUT2D eigenvalue weighted by atomic mass is 10.2. The van der Waals surface area contributed by atoms with Crippen molar-refractivity contribution in [3.63, 3.8) is 0 Å². The Hall–Kier alpha value is -1.31. The number of aromatic nitrogens is 1. The Balaban J connectivity index is 2.05. The summed E-state index contributed by atoms with van der Waals surface area (Å²) in [5.41, 5.74) is 0. The van der Waals surface area contributed by atoms with E-state index in [0.717, 1.165) is 6.20 Å². The summed E-state index contributed by atoms with van der Waals surface area (Å²) < 4.78 is 36.7. The molecule has 1 saturated heterocycles. The van der Waals surface area contributed by atoms with Crippen molar-refractivity contribution in [3.05, 3.63) is 11.2 Å². The highest BCUT2D eigenvalue weighted by Gasteiger charge is 2.35. The van der Waals surface area contributed by atoms with E-state index in [1.807, 2.05) is 0 Å². The normalized spacial score (nSPS) is 20.9. The molecule has 0 aliphatic carbocycles. The SMILES string of the molecule is O=C1NCC[C@H]1Nc1cnc(C(F)(F)F)s1. The van der Waals surface area contributed by atoms with E-state index < -0.39 is 17.2 Å². The molecule has 0 bridgehead atoms. The Bertz CT molecular complexity index is 403. The zero-order valence-corrected chi connectivity index (χ0v) is 8.78. The van der Waals surface area contributed by atoms with Crippen LogP contribution in [0.15, 0.2) is 6.20 Å². The monoisotopic (exact) mass is 251 g/mol. The molecule has 1 amide bonds. The van der Waals surface area contributed by atoms with E-state index >= 15 is 0 Å². The maximum atomic E-state index is 12.2. The number of nitrogens with zero attached hydrogens (tertiary/aromatic N) is 1. The highest BCUT2D eigenvalue weighted by Crippen LogP contribution is 2.34. The number of nitrogens with one attached hydrogen (secondary N) is 2. The van der Waals surface area contributed by atoms with Gasteiger partial charge < -0.3 is 10.6 Å². The molecule has 0 spiro atoms.